The van der Waals surface area contributed by atoms with Crippen molar-refractivity contribution in [3.8, 4) is 0 Å². The van der Waals surface area contributed by atoms with Crippen LogP contribution < -0.4 is 0 Å². The number of carbonyl (C=O) groups excluding carboxylic acids is 1. The van der Waals surface area contributed by atoms with Crippen molar-refractivity contribution in [3.63, 3.8) is 0 Å². The molecule has 10 atom stereocenters. The molecule has 0 aromatic heterocycles. The Bertz CT molecular complexity index is 888. The Hall–Kier alpha value is -1.42. The predicted molar refractivity (Wildman–Crippen MR) is 135 cm³/mol. The molecule has 0 heterocycles. The van der Waals surface area contributed by atoms with Crippen molar-refractivity contribution in [1.82, 2.24) is 0 Å². The van der Waals surface area contributed by atoms with E-state index >= 15 is 0 Å². The number of carbonyl (C=O) groups is 2. The largest absolute Gasteiger partial charge is 0.481 e. The molecule has 2 N–H and O–H groups in total. The van der Waals surface area contributed by atoms with Crippen LogP contribution >= 0.6 is 0 Å². The topological polar surface area (TPSA) is 74.6 Å². The lowest BCUT2D eigenvalue weighted by atomic mass is 9.41. The van der Waals surface area contributed by atoms with Crippen molar-refractivity contribution >= 4 is 11.8 Å². The zero-order valence-corrected chi connectivity index (χ0v) is 22.1. The average molecular weight is 471 g/mol. The van der Waals surface area contributed by atoms with Crippen LogP contribution in [0.15, 0.2) is 23.8 Å². The number of carboxylic acids is 1. The second-order valence-electron chi connectivity index (χ2n) is 12.3. The van der Waals surface area contributed by atoms with Crippen LogP contribution in [0, 0.1) is 52.3 Å². The summed E-state index contributed by atoms with van der Waals surface area (Å²) in [5.41, 5.74) is 0.0286. The molecule has 4 rings (SSSR count). The summed E-state index contributed by atoms with van der Waals surface area (Å²) in [6, 6.07) is 0. The summed E-state index contributed by atoms with van der Waals surface area (Å²) in [6.45, 7) is 13.7. The van der Waals surface area contributed by atoms with Gasteiger partial charge in [-0.05, 0) is 84.7 Å². The third kappa shape index (κ3) is 3.33. The van der Waals surface area contributed by atoms with E-state index in [1.54, 1.807) is 6.08 Å². The molecule has 0 aromatic rings. The van der Waals surface area contributed by atoms with Gasteiger partial charge in [-0.3, -0.25) is 9.59 Å². The van der Waals surface area contributed by atoms with E-state index in [4.69, 9.17) is 0 Å². The fraction of sp³-hybridized carbons (Fsp3) is 0.800. The van der Waals surface area contributed by atoms with Crippen LogP contribution in [0.3, 0.4) is 0 Å². The molecule has 0 amide bonds. The lowest BCUT2D eigenvalue weighted by Gasteiger charge is -2.63. The van der Waals surface area contributed by atoms with Crippen LogP contribution in [-0.4, -0.2) is 27.6 Å². The van der Waals surface area contributed by atoms with Crippen LogP contribution in [0.5, 0.6) is 0 Å². The average Bonchev–Trinajstić information content (AvgIpc) is 3.00. The van der Waals surface area contributed by atoms with Gasteiger partial charge in [0.15, 0.2) is 5.78 Å². The number of hydrogen-bond acceptors (Lipinski definition) is 3. The molecule has 4 aliphatic carbocycles. The monoisotopic (exact) mass is 470 g/mol. The number of aliphatic hydroxyl groups is 1. The fourth-order valence-corrected chi connectivity index (χ4v) is 10.1. The van der Waals surface area contributed by atoms with Gasteiger partial charge < -0.3 is 10.2 Å². The van der Waals surface area contributed by atoms with E-state index in [1.165, 1.54) is 5.57 Å². The molecule has 0 aliphatic heterocycles. The summed E-state index contributed by atoms with van der Waals surface area (Å²) >= 11 is 0. The maximum Gasteiger partial charge on any atom is 0.303 e. The molecule has 0 saturated heterocycles. The van der Waals surface area contributed by atoms with Gasteiger partial charge in [-0.15, -0.1) is 0 Å². The zero-order valence-electron chi connectivity index (χ0n) is 22.1. The Balaban J connectivity index is 1.87. The molecule has 4 unspecified atom stereocenters. The highest BCUT2D eigenvalue weighted by Crippen LogP contribution is 2.73. The first-order chi connectivity index (χ1) is 16.0. The Labute approximate surface area is 206 Å². The van der Waals surface area contributed by atoms with Gasteiger partial charge in [0.2, 0.25) is 0 Å². The summed E-state index contributed by atoms with van der Waals surface area (Å²) in [7, 11) is 0. The minimum atomic E-state index is -0.939. The first-order valence-electron chi connectivity index (χ1n) is 13.9. The number of carboxylic acid groups (broad SMARTS) is 1. The van der Waals surface area contributed by atoms with E-state index in [9.17, 15) is 19.8 Å². The van der Waals surface area contributed by atoms with Crippen LogP contribution in [0.25, 0.3) is 0 Å². The minimum Gasteiger partial charge on any atom is -0.481 e. The number of aliphatic carboxylic acids is 1. The molecule has 34 heavy (non-hydrogen) atoms. The molecule has 3 saturated carbocycles. The molecular weight excluding hydrogens is 424 g/mol. The molecule has 0 bridgehead atoms. The zero-order chi connectivity index (χ0) is 25.1. The number of rotatable bonds is 7. The second-order valence-corrected chi connectivity index (χ2v) is 12.3. The molecular formula is C30H46O4. The molecule has 0 spiro atoms. The van der Waals surface area contributed by atoms with E-state index in [1.807, 2.05) is 6.08 Å². The van der Waals surface area contributed by atoms with Crippen molar-refractivity contribution in [2.24, 2.45) is 52.3 Å². The van der Waals surface area contributed by atoms with Gasteiger partial charge in [-0.25, -0.2) is 0 Å². The maximum atomic E-state index is 12.5. The lowest BCUT2D eigenvalue weighted by Crippen LogP contribution is -2.59. The first kappa shape index (κ1) is 25.7. The Kier molecular flexibility index (Phi) is 6.72. The third-order valence-electron chi connectivity index (χ3n) is 11.4. The van der Waals surface area contributed by atoms with E-state index in [2.05, 4.69) is 47.6 Å². The SMILES string of the molecule is CCC1C2=CC(=O)C=C[C@]2(C)[C@H]2CC[C@@]3(C)[C@@H](C(CC)C(CC)[C@]3(O)CCC(=O)O)[C@@H]2C1CC. The van der Waals surface area contributed by atoms with Gasteiger partial charge in [0.1, 0.15) is 0 Å². The normalized spacial score (nSPS) is 47.6. The first-order valence-corrected chi connectivity index (χ1v) is 13.9. The van der Waals surface area contributed by atoms with Crippen molar-refractivity contribution in [3.05, 3.63) is 23.8 Å². The van der Waals surface area contributed by atoms with Crippen LogP contribution in [0.4, 0.5) is 0 Å². The van der Waals surface area contributed by atoms with Crippen LogP contribution in [-0.2, 0) is 9.59 Å². The lowest BCUT2D eigenvalue weighted by molar-refractivity contribution is -0.160. The summed E-state index contributed by atoms with van der Waals surface area (Å²) < 4.78 is 0. The van der Waals surface area contributed by atoms with Gasteiger partial charge in [-0.2, -0.15) is 0 Å². The quantitative estimate of drug-likeness (QED) is 0.449. The second kappa shape index (κ2) is 8.91. The van der Waals surface area contributed by atoms with Crippen molar-refractivity contribution in [1.29, 1.82) is 0 Å². The van der Waals surface area contributed by atoms with Gasteiger partial charge in [-0.1, -0.05) is 72.5 Å². The number of hydrogen-bond donors (Lipinski definition) is 2. The fourth-order valence-electron chi connectivity index (χ4n) is 10.1. The van der Waals surface area contributed by atoms with Gasteiger partial charge in [0, 0.05) is 11.8 Å². The third-order valence-corrected chi connectivity index (χ3v) is 11.4. The Morgan fingerprint density at radius 1 is 1.06 bits per heavy atom. The number of ketones is 1. The van der Waals surface area contributed by atoms with Gasteiger partial charge in [0.25, 0.3) is 0 Å². The molecule has 3 fully saturated rings. The summed E-state index contributed by atoms with van der Waals surface area (Å²) in [6.07, 6.45) is 12.3. The molecule has 0 radical (unpaired) electrons. The van der Waals surface area contributed by atoms with E-state index in [0.717, 1.165) is 38.5 Å². The van der Waals surface area contributed by atoms with Crippen molar-refractivity contribution in [2.75, 3.05) is 0 Å². The van der Waals surface area contributed by atoms with Gasteiger partial charge in [0.05, 0.1) is 5.60 Å². The molecule has 4 heteroatoms. The van der Waals surface area contributed by atoms with E-state index in [-0.39, 0.29) is 29.0 Å². The predicted octanol–water partition coefficient (Wildman–Crippen LogP) is 6.43. The van der Waals surface area contributed by atoms with Crippen molar-refractivity contribution < 1.29 is 19.8 Å². The van der Waals surface area contributed by atoms with E-state index in [0.29, 0.717) is 41.9 Å². The van der Waals surface area contributed by atoms with Gasteiger partial charge >= 0.3 is 5.97 Å². The smallest absolute Gasteiger partial charge is 0.303 e. The highest BCUT2D eigenvalue weighted by atomic mass is 16.4. The molecule has 4 aliphatic rings. The summed E-state index contributed by atoms with van der Waals surface area (Å²) in [4.78, 5) is 24.0. The highest BCUT2D eigenvalue weighted by Gasteiger charge is 2.71. The summed E-state index contributed by atoms with van der Waals surface area (Å²) in [5.74, 6) is 2.04. The standard InChI is InChI=1S/C30H46O4/c1-7-19-20(8-2)26-23(28(5)14-11-18(31)17-24(19)28)12-15-29(6)27(26)21(9-3)22(10-4)30(29,34)16-13-25(32)33/h11,14,17,19-23,26-27,34H,7-10,12-13,15-16H2,1-6H3,(H,32,33)/t19?,20?,21?,22?,23-,26+,27-,28+,29-,30+/m0/s1. The Morgan fingerprint density at radius 3 is 2.29 bits per heavy atom. The molecule has 4 nitrogen and oxygen atoms in total. The van der Waals surface area contributed by atoms with Crippen molar-refractivity contribution in [2.45, 2.75) is 98.5 Å². The Morgan fingerprint density at radius 2 is 1.74 bits per heavy atom. The number of allylic oxidation sites excluding steroid dienone is 4. The molecule has 190 valence electrons. The highest BCUT2D eigenvalue weighted by molar-refractivity contribution is 6.01. The minimum absolute atomic E-state index is 0.0318. The summed E-state index contributed by atoms with van der Waals surface area (Å²) in [5, 5.41) is 21.9. The van der Waals surface area contributed by atoms with E-state index < -0.39 is 11.6 Å². The maximum absolute atomic E-state index is 12.5. The number of fused-ring (bicyclic) bond motifs is 5. The van der Waals surface area contributed by atoms with Crippen LogP contribution in [0.2, 0.25) is 0 Å². The molecule has 0 aromatic carbocycles. The van der Waals surface area contributed by atoms with Crippen LogP contribution in [0.1, 0.15) is 92.9 Å².